The second-order valence-electron chi connectivity index (χ2n) is 4.12. The molecule has 2 rings (SSSR count). The van der Waals surface area contributed by atoms with Crippen LogP contribution in [-0.2, 0) is 7.05 Å². The number of halogens is 1. The molecule has 0 aromatic carbocycles. The summed E-state index contributed by atoms with van der Waals surface area (Å²) in [7, 11) is 1.64. The highest BCUT2D eigenvalue weighted by molar-refractivity contribution is 9.10. The number of anilines is 1. The average Bonchev–Trinajstić information content (AvgIpc) is 2.26. The Bertz CT molecular complexity index is 445. The fourth-order valence-corrected chi connectivity index (χ4v) is 2.56. The van der Waals surface area contributed by atoms with Crippen LogP contribution in [0.15, 0.2) is 15.5 Å². The molecular formula is C10H15BrN4O. The van der Waals surface area contributed by atoms with Gasteiger partial charge in [0.05, 0.1) is 11.9 Å². The fourth-order valence-electron chi connectivity index (χ4n) is 1.95. The first kappa shape index (κ1) is 11.6. The number of rotatable bonds is 1. The van der Waals surface area contributed by atoms with Gasteiger partial charge in [-0.2, -0.15) is 5.10 Å². The molecule has 5 nitrogen and oxygen atoms in total. The van der Waals surface area contributed by atoms with Crippen LogP contribution in [0, 0.1) is 0 Å². The summed E-state index contributed by atoms with van der Waals surface area (Å²) in [5.41, 5.74) is 6.65. The lowest BCUT2D eigenvalue weighted by Crippen LogP contribution is -2.43. The number of aromatic nitrogens is 2. The maximum atomic E-state index is 11.7. The van der Waals surface area contributed by atoms with Gasteiger partial charge >= 0.3 is 0 Å². The van der Waals surface area contributed by atoms with Gasteiger partial charge in [0.15, 0.2) is 0 Å². The predicted octanol–water partition coefficient (Wildman–Crippen LogP) is 0.470. The van der Waals surface area contributed by atoms with Crippen molar-refractivity contribution in [3.8, 4) is 0 Å². The maximum Gasteiger partial charge on any atom is 0.282 e. The maximum absolute atomic E-state index is 11.7. The van der Waals surface area contributed by atoms with Crippen LogP contribution in [-0.4, -0.2) is 28.9 Å². The van der Waals surface area contributed by atoms with E-state index in [9.17, 15) is 4.79 Å². The number of aryl methyl sites for hydroxylation is 1. The van der Waals surface area contributed by atoms with Crippen molar-refractivity contribution in [3.05, 3.63) is 21.0 Å². The van der Waals surface area contributed by atoms with Crippen LogP contribution < -0.4 is 16.2 Å². The molecule has 1 atom stereocenters. The predicted molar refractivity (Wildman–Crippen MR) is 66.6 cm³/mol. The van der Waals surface area contributed by atoms with Crippen LogP contribution in [0.2, 0.25) is 0 Å². The SMILES string of the molecule is Cn1ncc(N2CCCC(N)C2)c(Br)c1=O. The monoisotopic (exact) mass is 286 g/mol. The molecule has 1 saturated heterocycles. The lowest BCUT2D eigenvalue weighted by atomic mass is 10.1. The molecular weight excluding hydrogens is 272 g/mol. The molecule has 6 heteroatoms. The van der Waals surface area contributed by atoms with E-state index < -0.39 is 0 Å². The minimum Gasteiger partial charge on any atom is -0.368 e. The Morgan fingerprint density at radius 1 is 1.62 bits per heavy atom. The van der Waals surface area contributed by atoms with Gasteiger partial charge in [0.2, 0.25) is 0 Å². The summed E-state index contributed by atoms with van der Waals surface area (Å²) >= 11 is 3.33. The molecule has 0 saturated carbocycles. The van der Waals surface area contributed by atoms with Crippen molar-refractivity contribution >= 4 is 21.6 Å². The van der Waals surface area contributed by atoms with Crippen LogP contribution in [0.3, 0.4) is 0 Å². The first-order valence-electron chi connectivity index (χ1n) is 5.32. The molecule has 0 amide bonds. The molecule has 0 aliphatic carbocycles. The molecule has 0 bridgehead atoms. The third-order valence-electron chi connectivity index (χ3n) is 2.86. The molecule has 0 spiro atoms. The van der Waals surface area contributed by atoms with Crippen LogP contribution >= 0.6 is 15.9 Å². The van der Waals surface area contributed by atoms with E-state index in [1.165, 1.54) is 4.68 Å². The van der Waals surface area contributed by atoms with Gasteiger partial charge in [0.1, 0.15) is 4.47 Å². The Morgan fingerprint density at radius 2 is 2.38 bits per heavy atom. The average molecular weight is 287 g/mol. The summed E-state index contributed by atoms with van der Waals surface area (Å²) in [6, 6.07) is 0.185. The Kier molecular flexibility index (Phi) is 3.30. The highest BCUT2D eigenvalue weighted by atomic mass is 79.9. The third kappa shape index (κ3) is 2.12. The van der Waals surface area contributed by atoms with Gasteiger partial charge < -0.3 is 10.6 Å². The van der Waals surface area contributed by atoms with E-state index in [4.69, 9.17) is 5.73 Å². The Hall–Kier alpha value is -0.880. The lowest BCUT2D eigenvalue weighted by molar-refractivity contribution is 0.504. The van der Waals surface area contributed by atoms with Crippen molar-refractivity contribution in [2.24, 2.45) is 12.8 Å². The Balaban J connectivity index is 2.33. The number of piperidine rings is 1. The Morgan fingerprint density at radius 3 is 3.06 bits per heavy atom. The molecule has 2 heterocycles. The van der Waals surface area contributed by atoms with Crippen LogP contribution in [0.1, 0.15) is 12.8 Å². The number of hydrogen-bond acceptors (Lipinski definition) is 4. The van der Waals surface area contributed by atoms with E-state index in [0.717, 1.165) is 31.6 Å². The van der Waals surface area contributed by atoms with Gasteiger partial charge in [-0.3, -0.25) is 4.79 Å². The number of nitrogens with zero attached hydrogens (tertiary/aromatic N) is 3. The zero-order chi connectivity index (χ0) is 11.7. The molecule has 88 valence electrons. The van der Waals surface area contributed by atoms with Crippen molar-refractivity contribution in [3.63, 3.8) is 0 Å². The van der Waals surface area contributed by atoms with Crippen LogP contribution in [0.25, 0.3) is 0 Å². The molecule has 16 heavy (non-hydrogen) atoms. The first-order valence-corrected chi connectivity index (χ1v) is 6.11. The van der Waals surface area contributed by atoms with E-state index in [-0.39, 0.29) is 11.6 Å². The van der Waals surface area contributed by atoms with Crippen molar-refractivity contribution in [2.45, 2.75) is 18.9 Å². The van der Waals surface area contributed by atoms with Gasteiger partial charge in [0.25, 0.3) is 5.56 Å². The molecule has 1 aromatic heterocycles. The molecule has 0 radical (unpaired) electrons. The van der Waals surface area contributed by atoms with E-state index in [1.54, 1.807) is 13.2 Å². The standard InChI is InChI=1S/C10H15BrN4O/c1-14-10(16)9(11)8(5-13-14)15-4-2-3-7(12)6-15/h5,7H,2-4,6,12H2,1H3. The first-order chi connectivity index (χ1) is 7.59. The van der Waals surface area contributed by atoms with Gasteiger partial charge in [-0.15, -0.1) is 0 Å². The minimum absolute atomic E-state index is 0.114. The van der Waals surface area contributed by atoms with Gasteiger partial charge in [0, 0.05) is 26.2 Å². The van der Waals surface area contributed by atoms with Crippen LogP contribution in [0.5, 0.6) is 0 Å². The van der Waals surface area contributed by atoms with E-state index >= 15 is 0 Å². The van der Waals surface area contributed by atoms with E-state index in [0.29, 0.717) is 4.47 Å². The third-order valence-corrected chi connectivity index (χ3v) is 3.60. The van der Waals surface area contributed by atoms with Crippen molar-refractivity contribution in [2.75, 3.05) is 18.0 Å². The summed E-state index contributed by atoms with van der Waals surface area (Å²) in [5, 5.41) is 4.03. The zero-order valence-corrected chi connectivity index (χ0v) is 10.8. The zero-order valence-electron chi connectivity index (χ0n) is 9.19. The molecule has 2 N–H and O–H groups in total. The highest BCUT2D eigenvalue weighted by Gasteiger charge is 2.20. The second-order valence-corrected chi connectivity index (χ2v) is 4.91. The topological polar surface area (TPSA) is 64.2 Å². The summed E-state index contributed by atoms with van der Waals surface area (Å²) < 4.78 is 1.89. The largest absolute Gasteiger partial charge is 0.368 e. The molecule has 1 aromatic rings. The second kappa shape index (κ2) is 4.55. The molecule has 1 aliphatic heterocycles. The van der Waals surface area contributed by atoms with E-state index in [1.807, 2.05) is 0 Å². The van der Waals surface area contributed by atoms with Gasteiger partial charge in [-0.1, -0.05) is 0 Å². The highest BCUT2D eigenvalue weighted by Crippen LogP contribution is 2.24. The quantitative estimate of drug-likeness (QED) is 0.815. The number of nitrogens with two attached hydrogens (primary N) is 1. The fraction of sp³-hybridized carbons (Fsp3) is 0.600. The van der Waals surface area contributed by atoms with Crippen LogP contribution in [0.4, 0.5) is 5.69 Å². The smallest absolute Gasteiger partial charge is 0.282 e. The number of hydrogen-bond donors (Lipinski definition) is 1. The summed E-state index contributed by atoms with van der Waals surface area (Å²) in [6.45, 7) is 1.72. The lowest BCUT2D eigenvalue weighted by Gasteiger charge is -2.32. The minimum atomic E-state index is -0.114. The molecule has 1 fully saturated rings. The van der Waals surface area contributed by atoms with Crippen molar-refractivity contribution in [1.82, 2.24) is 9.78 Å². The Labute approximate surface area is 102 Å². The van der Waals surface area contributed by atoms with Gasteiger partial charge in [-0.25, -0.2) is 4.68 Å². The van der Waals surface area contributed by atoms with E-state index in [2.05, 4.69) is 25.9 Å². The summed E-state index contributed by atoms with van der Waals surface area (Å²) in [4.78, 5) is 13.8. The normalized spacial score (nSPS) is 21.2. The summed E-state index contributed by atoms with van der Waals surface area (Å²) in [5.74, 6) is 0. The summed E-state index contributed by atoms with van der Waals surface area (Å²) in [6.07, 6.45) is 3.82. The van der Waals surface area contributed by atoms with Crippen molar-refractivity contribution < 1.29 is 0 Å². The van der Waals surface area contributed by atoms with Crippen molar-refractivity contribution in [1.29, 1.82) is 0 Å². The van der Waals surface area contributed by atoms with Gasteiger partial charge in [-0.05, 0) is 28.8 Å². The molecule has 1 unspecified atom stereocenters. The molecule has 1 aliphatic rings.